The van der Waals surface area contributed by atoms with E-state index in [0.29, 0.717) is 11.2 Å². The number of pyridine rings is 2. The van der Waals surface area contributed by atoms with Crippen LogP contribution in [-0.4, -0.2) is 26.4 Å². The molecule has 0 unspecified atom stereocenters. The summed E-state index contributed by atoms with van der Waals surface area (Å²) in [6.45, 7) is 3.66. The van der Waals surface area contributed by atoms with Crippen molar-refractivity contribution in [3.8, 4) is 11.9 Å². The minimum absolute atomic E-state index is 0.430. The van der Waals surface area contributed by atoms with E-state index in [2.05, 4.69) is 9.98 Å². The molecule has 3 heterocycles. The van der Waals surface area contributed by atoms with Crippen molar-refractivity contribution >= 4 is 0 Å². The van der Waals surface area contributed by atoms with Crippen LogP contribution in [0.5, 0.6) is 5.75 Å². The number of aromatic nitrogens is 2. The molecule has 1 N–H and O–H groups in total. The van der Waals surface area contributed by atoms with Gasteiger partial charge in [0.05, 0.1) is 6.04 Å². The largest absolute Gasteiger partial charge is 0.485 e. The Morgan fingerprint density at radius 2 is 2.23 bits per heavy atom. The average Bonchev–Trinajstić information content (AvgIpc) is 2.50. The first-order chi connectivity index (χ1) is 10.5. The van der Waals surface area contributed by atoms with Gasteiger partial charge in [0.15, 0.2) is 0 Å². The summed E-state index contributed by atoms with van der Waals surface area (Å²) in [6.07, 6.45) is 6.10. The highest BCUT2D eigenvalue weighted by Crippen LogP contribution is 2.40. The Morgan fingerprint density at radius 1 is 1.41 bits per heavy atom. The number of aliphatic hydroxyl groups is 1. The Labute approximate surface area is 128 Å². The van der Waals surface area contributed by atoms with Crippen molar-refractivity contribution < 1.29 is 9.84 Å². The molecule has 0 saturated heterocycles. The van der Waals surface area contributed by atoms with Crippen molar-refractivity contribution in [2.45, 2.75) is 31.6 Å². The van der Waals surface area contributed by atoms with Crippen LogP contribution in [-0.2, 0) is 0 Å². The van der Waals surface area contributed by atoms with Crippen molar-refractivity contribution in [1.29, 1.82) is 5.26 Å². The Balaban J connectivity index is 2.26. The third-order valence-electron chi connectivity index (χ3n) is 3.84. The van der Waals surface area contributed by atoms with Gasteiger partial charge in [0.2, 0.25) is 6.19 Å². The van der Waals surface area contributed by atoms with Crippen LogP contribution in [0, 0.1) is 11.5 Å². The third kappa shape index (κ3) is 2.26. The summed E-state index contributed by atoms with van der Waals surface area (Å²) in [6, 6.07) is 6.71. The summed E-state index contributed by atoms with van der Waals surface area (Å²) < 4.78 is 7.66. The number of hydrogen-bond acceptors (Lipinski definition) is 5. The van der Waals surface area contributed by atoms with E-state index in [9.17, 15) is 5.11 Å². The second-order valence-electron chi connectivity index (χ2n) is 5.69. The lowest BCUT2D eigenvalue weighted by atomic mass is 9.87. The standard InChI is InChI=1S/C16H16N4O2/c1-16(2)15(21)14(11-9-18-7-6-12(11)22-16)20-8-4-3-5-13(20)19-10-17/h3-9,14-15,21H,1-2H3/t14-,15+/m1/s1. The summed E-state index contributed by atoms with van der Waals surface area (Å²) in [7, 11) is 0. The molecule has 22 heavy (non-hydrogen) atoms. The van der Waals surface area contributed by atoms with E-state index >= 15 is 0 Å². The van der Waals surface area contributed by atoms with Crippen LogP contribution in [0.3, 0.4) is 0 Å². The number of nitrogens with zero attached hydrogens (tertiary/aromatic N) is 4. The SMILES string of the molecule is CC1(C)Oc2ccncc2[C@@H](n2ccccc2=NC#N)[C@@H]1O. The fourth-order valence-corrected chi connectivity index (χ4v) is 2.73. The Morgan fingerprint density at radius 3 is 3.00 bits per heavy atom. The van der Waals surface area contributed by atoms with E-state index in [4.69, 9.17) is 10.00 Å². The molecule has 0 fully saturated rings. The van der Waals surface area contributed by atoms with Gasteiger partial charge < -0.3 is 14.4 Å². The van der Waals surface area contributed by atoms with Crippen molar-refractivity contribution in [1.82, 2.24) is 9.55 Å². The van der Waals surface area contributed by atoms with Crippen LogP contribution in [0.2, 0.25) is 0 Å². The van der Waals surface area contributed by atoms with Crippen LogP contribution in [0.4, 0.5) is 0 Å². The number of aliphatic hydroxyl groups excluding tert-OH is 1. The molecule has 0 aromatic carbocycles. The molecule has 1 aliphatic heterocycles. The van der Waals surface area contributed by atoms with E-state index in [1.165, 1.54) is 0 Å². The molecule has 3 rings (SSSR count). The molecular weight excluding hydrogens is 280 g/mol. The molecule has 2 aromatic heterocycles. The van der Waals surface area contributed by atoms with Crippen molar-refractivity contribution in [3.63, 3.8) is 0 Å². The monoisotopic (exact) mass is 296 g/mol. The predicted molar refractivity (Wildman–Crippen MR) is 78.7 cm³/mol. The topological polar surface area (TPSA) is 83.4 Å². The molecule has 0 radical (unpaired) electrons. The lowest BCUT2D eigenvalue weighted by molar-refractivity contribution is -0.0645. The normalized spacial score (nSPS) is 23.3. The average molecular weight is 296 g/mol. The lowest BCUT2D eigenvalue weighted by Crippen LogP contribution is -2.52. The molecule has 0 amide bonds. The van der Waals surface area contributed by atoms with Gasteiger partial charge in [-0.05, 0) is 32.0 Å². The van der Waals surface area contributed by atoms with Crippen molar-refractivity contribution in [3.05, 3.63) is 53.9 Å². The highest BCUT2D eigenvalue weighted by molar-refractivity contribution is 5.38. The Kier molecular flexibility index (Phi) is 3.43. The van der Waals surface area contributed by atoms with Crippen LogP contribution in [0.25, 0.3) is 0 Å². The summed E-state index contributed by atoms with van der Waals surface area (Å²) in [5.74, 6) is 0.676. The summed E-state index contributed by atoms with van der Waals surface area (Å²) in [4.78, 5) is 7.96. The van der Waals surface area contributed by atoms with Crippen LogP contribution in [0.1, 0.15) is 25.5 Å². The number of rotatable bonds is 1. The Hall–Kier alpha value is -2.65. The second kappa shape index (κ2) is 5.28. The van der Waals surface area contributed by atoms with Gasteiger partial charge in [0, 0.05) is 24.2 Å². The first-order valence-corrected chi connectivity index (χ1v) is 6.95. The Bertz CT molecular complexity index is 804. The smallest absolute Gasteiger partial charge is 0.207 e. The van der Waals surface area contributed by atoms with E-state index in [1.807, 2.05) is 19.9 Å². The fourth-order valence-electron chi connectivity index (χ4n) is 2.73. The zero-order valence-electron chi connectivity index (χ0n) is 12.3. The zero-order valence-corrected chi connectivity index (χ0v) is 12.3. The lowest BCUT2D eigenvalue weighted by Gasteiger charge is -2.42. The number of fused-ring (bicyclic) bond motifs is 1. The van der Waals surface area contributed by atoms with Crippen molar-refractivity contribution in [2.75, 3.05) is 0 Å². The summed E-state index contributed by atoms with van der Waals surface area (Å²) in [5, 5.41) is 19.7. The van der Waals surface area contributed by atoms with E-state index in [0.717, 1.165) is 5.56 Å². The minimum Gasteiger partial charge on any atom is -0.485 e. The summed E-state index contributed by atoms with van der Waals surface area (Å²) in [5.41, 5.74) is 0.465. The molecule has 6 nitrogen and oxygen atoms in total. The van der Waals surface area contributed by atoms with Gasteiger partial charge in [0.1, 0.15) is 22.9 Å². The van der Waals surface area contributed by atoms with Crippen LogP contribution >= 0.6 is 0 Å². The third-order valence-corrected chi connectivity index (χ3v) is 3.84. The quantitative estimate of drug-likeness (QED) is 0.806. The number of hydrogen-bond donors (Lipinski definition) is 1. The molecular formula is C16H16N4O2. The first kappa shape index (κ1) is 14.3. The van der Waals surface area contributed by atoms with Gasteiger partial charge >= 0.3 is 0 Å². The van der Waals surface area contributed by atoms with Gasteiger partial charge in [-0.3, -0.25) is 4.98 Å². The molecule has 6 heteroatoms. The van der Waals surface area contributed by atoms with Crippen molar-refractivity contribution in [2.24, 2.45) is 4.99 Å². The number of ether oxygens (including phenoxy) is 1. The maximum Gasteiger partial charge on any atom is 0.207 e. The molecule has 112 valence electrons. The number of nitriles is 1. The van der Waals surface area contributed by atoms with Gasteiger partial charge in [-0.1, -0.05) is 6.07 Å². The zero-order chi connectivity index (χ0) is 15.7. The second-order valence-corrected chi connectivity index (χ2v) is 5.69. The maximum atomic E-state index is 10.8. The molecule has 1 aliphatic rings. The summed E-state index contributed by atoms with van der Waals surface area (Å²) >= 11 is 0. The maximum absolute atomic E-state index is 10.8. The van der Waals surface area contributed by atoms with Crippen LogP contribution < -0.4 is 10.2 Å². The van der Waals surface area contributed by atoms with E-state index < -0.39 is 17.7 Å². The molecule has 0 bridgehead atoms. The van der Waals surface area contributed by atoms with Crippen LogP contribution in [0.15, 0.2) is 47.8 Å². The highest BCUT2D eigenvalue weighted by Gasteiger charge is 2.43. The molecule has 2 atom stereocenters. The van der Waals surface area contributed by atoms with Gasteiger partial charge in [-0.15, -0.1) is 0 Å². The molecule has 2 aromatic rings. The van der Waals surface area contributed by atoms with E-state index in [1.54, 1.807) is 47.5 Å². The first-order valence-electron chi connectivity index (χ1n) is 6.95. The highest BCUT2D eigenvalue weighted by atomic mass is 16.5. The molecule has 0 aliphatic carbocycles. The van der Waals surface area contributed by atoms with Gasteiger partial charge in [-0.25, -0.2) is 0 Å². The van der Waals surface area contributed by atoms with Gasteiger partial charge in [0.25, 0.3) is 0 Å². The van der Waals surface area contributed by atoms with Gasteiger partial charge in [-0.2, -0.15) is 10.3 Å². The minimum atomic E-state index is -0.816. The molecule has 0 saturated carbocycles. The predicted octanol–water partition coefficient (Wildman–Crippen LogP) is 1.39. The van der Waals surface area contributed by atoms with E-state index in [-0.39, 0.29) is 0 Å². The molecule has 0 spiro atoms. The fraction of sp³-hybridized carbons (Fsp3) is 0.312.